The molecule has 0 aromatic heterocycles. The van der Waals surface area contributed by atoms with Crippen molar-refractivity contribution in [2.24, 2.45) is 0 Å². The van der Waals surface area contributed by atoms with E-state index < -0.39 is 18.0 Å². The third kappa shape index (κ3) is 3.76. The van der Waals surface area contributed by atoms with Crippen LogP contribution in [0.15, 0.2) is 78.9 Å². The molecule has 130 valence electrons. The van der Waals surface area contributed by atoms with Gasteiger partial charge in [-0.2, -0.15) is 0 Å². The van der Waals surface area contributed by atoms with Crippen LogP contribution >= 0.6 is 11.6 Å². The maximum Gasteiger partial charge on any atom is 0.339 e. The molecule has 0 aliphatic rings. The Morgan fingerprint density at radius 2 is 1.38 bits per heavy atom. The molecule has 26 heavy (non-hydrogen) atoms. The molecule has 1 atom stereocenters. The molecule has 0 heterocycles. The van der Waals surface area contributed by atoms with Crippen molar-refractivity contribution >= 4 is 23.5 Å². The Bertz CT molecular complexity index is 938. The summed E-state index contributed by atoms with van der Waals surface area (Å²) in [4.78, 5) is 24.1. The van der Waals surface area contributed by atoms with Crippen molar-refractivity contribution in [3.63, 3.8) is 0 Å². The van der Waals surface area contributed by atoms with Crippen molar-refractivity contribution in [1.82, 2.24) is 0 Å². The van der Waals surface area contributed by atoms with Crippen LogP contribution in [0.5, 0.6) is 0 Å². The second-order valence-electron chi connectivity index (χ2n) is 5.57. The predicted molar refractivity (Wildman–Crippen MR) is 98.6 cm³/mol. The van der Waals surface area contributed by atoms with Gasteiger partial charge in [0, 0.05) is 10.6 Å². The van der Waals surface area contributed by atoms with Crippen LogP contribution in [0.25, 0.3) is 0 Å². The number of hydrogen-bond acceptors (Lipinski definition) is 3. The van der Waals surface area contributed by atoms with Gasteiger partial charge in [0.05, 0.1) is 11.1 Å². The molecule has 4 nitrogen and oxygen atoms in total. The molecule has 0 amide bonds. The molecule has 0 bridgehead atoms. The molecule has 0 saturated carbocycles. The van der Waals surface area contributed by atoms with E-state index in [0.29, 0.717) is 10.6 Å². The summed E-state index contributed by atoms with van der Waals surface area (Å²) in [7, 11) is 0. The summed E-state index contributed by atoms with van der Waals surface area (Å²) in [6.07, 6.45) is -0.751. The number of rotatable bonds is 5. The van der Waals surface area contributed by atoms with E-state index in [4.69, 9.17) is 16.3 Å². The minimum absolute atomic E-state index is 0.00650. The largest absolute Gasteiger partial charge is 0.478 e. The predicted octanol–water partition coefficient (Wildman–Crippen LogP) is 4.98. The first-order valence-electron chi connectivity index (χ1n) is 7.90. The Morgan fingerprint density at radius 1 is 0.808 bits per heavy atom. The lowest BCUT2D eigenvalue weighted by Crippen LogP contribution is -2.16. The van der Waals surface area contributed by atoms with E-state index in [0.717, 1.165) is 5.56 Å². The highest BCUT2D eigenvalue weighted by Gasteiger charge is 2.24. The first-order chi connectivity index (χ1) is 12.6. The molecule has 3 rings (SSSR count). The molecular formula is C21H15ClO4. The van der Waals surface area contributed by atoms with Gasteiger partial charge < -0.3 is 9.84 Å². The average Bonchev–Trinajstić information content (AvgIpc) is 2.67. The zero-order valence-electron chi connectivity index (χ0n) is 13.6. The Labute approximate surface area is 155 Å². The SMILES string of the molecule is O=C(O)c1ccccc1C(=O)OC(c1ccccc1)c1ccccc1Cl. The molecule has 1 unspecified atom stereocenters. The van der Waals surface area contributed by atoms with Crippen molar-refractivity contribution in [2.75, 3.05) is 0 Å². The van der Waals surface area contributed by atoms with Gasteiger partial charge in [0.1, 0.15) is 0 Å². The number of hydrogen-bond donors (Lipinski definition) is 1. The Balaban J connectivity index is 2.01. The standard InChI is InChI=1S/C21H15ClO4/c22-18-13-7-6-12-17(18)19(14-8-2-1-3-9-14)26-21(25)16-11-5-4-10-15(16)20(23)24/h1-13,19H,(H,23,24). The fraction of sp³-hybridized carbons (Fsp3) is 0.0476. The second-order valence-corrected chi connectivity index (χ2v) is 5.98. The summed E-state index contributed by atoms with van der Waals surface area (Å²) in [6.45, 7) is 0. The van der Waals surface area contributed by atoms with E-state index in [1.54, 1.807) is 36.4 Å². The van der Waals surface area contributed by atoms with Gasteiger partial charge in [-0.3, -0.25) is 0 Å². The second kappa shape index (κ2) is 7.85. The monoisotopic (exact) mass is 366 g/mol. The van der Waals surface area contributed by atoms with Gasteiger partial charge in [-0.1, -0.05) is 72.3 Å². The zero-order chi connectivity index (χ0) is 18.5. The number of carbonyl (C=O) groups excluding carboxylic acids is 1. The lowest BCUT2D eigenvalue weighted by molar-refractivity contribution is 0.0371. The van der Waals surface area contributed by atoms with E-state index in [1.165, 1.54) is 12.1 Å². The molecule has 3 aromatic rings. The summed E-state index contributed by atoms with van der Waals surface area (Å²) in [6, 6.07) is 22.2. The van der Waals surface area contributed by atoms with Crippen LogP contribution in [0, 0.1) is 0 Å². The van der Waals surface area contributed by atoms with Crippen molar-refractivity contribution in [3.05, 3.63) is 106 Å². The van der Waals surface area contributed by atoms with Gasteiger partial charge in [0.15, 0.2) is 6.10 Å². The van der Waals surface area contributed by atoms with E-state index in [9.17, 15) is 14.7 Å². The number of halogens is 1. The molecule has 0 saturated heterocycles. The zero-order valence-corrected chi connectivity index (χ0v) is 14.4. The van der Waals surface area contributed by atoms with E-state index in [1.807, 2.05) is 30.3 Å². The minimum atomic E-state index is -1.19. The highest BCUT2D eigenvalue weighted by Crippen LogP contribution is 2.32. The van der Waals surface area contributed by atoms with Gasteiger partial charge in [0.2, 0.25) is 0 Å². The molecule has 0 radical (unpaired) electrons. The van der Waals surface area contributed by atoms with Crippen LogP contribution in [0.3, 0.4) is 0 Å². The summed E-state index contributed by atoms with van der Waals surface area (Å²) in [5, 5.41) is 9.76. The fourth-order valence-corrected chi connectivity index (χ4v) is 2.88. The number of aromatic carboxylic acids is 1. The van der Waals surface area contributed by atoms with Crippen LogP contribution in [0.2, 0.25) is 5.02 Å². The quantitative estimate of drug-likeness (QED) is 0.646. The Hall–Kier alpha value is -3.11. The highest BCUT2D eigenvalue weighted by molar-refractivity contribution is 6.31. The highest BCUT2D eigenvalue weighted by atomic mass is 35.5. The molecule has 0 aliphatic carbocycles. The van der Waals surface area contributed by atoms with Gasteiger partial charge >= 0.3 is 11.9 Å². The molecule has 3 aromatic carbocycles. The van der Waals surface area contributed by atoms with Crippen LogP contribution in [0.1, 0.15) is 37.9 Å². The maximum absolute atomic E-state index is 12.7. The number of carboxylic acids is 1. The molecule has 0 fully saturated rings. The van der Waals surface area contributed by atoms with Crippen LogP contribution in [-0.4, -0.2) is 17.0 Å². The van der Waals surface area contributed by atoms with E-state index in [2.05, 4.69) is 0 Å². The summed E-state index contributed by atoms with van der Waals surface area (Å²) in [5.74, 6) is -1.91. The third-order valence-corrected chi connectivity index (χ3v) is 4.24. The molecular weight excluding hydrogens is 352 g/mol. The molecule has 0 spiro atoms. The number of ether oxygens (including phenoxy) is 1. The average molecular weight is 367 g/mol. The lowest BCUT2D eigenvalue weighted by atomic mass is 10.0. The third-order valence-electron chi connectivity index (χ3n) is 3.89. The fourth-order valence-electron chi connectivity index (χ4n) is 2.64. The van der Waals surface area contributed by atoms with Gasteiger partial charge in [-0.15, -0.1) is 0 Å². The van der Waals surface area contributed by atoms with E-state index >= 15 is 0 Å². The van der Waals surface area contributed by atoms with Crippen molar-refractivity contribution < 1.29 is 19.4 Å². The molecule has 5 heteroatoms. The smallest absolute Gasteiger partial charge is 0.339 e. The minimum Gasteiger partial charge on any atom is -0.478 e. The normalized spacial score (nSPS) is 11.6. The summed E-state index contributed by atoms with van der Waals surface area (Å²) >= 11 is 6.29. The van der Waals surface area contributed by atoms with E-state index in [-0.39, 0.29) is 11.1 Å². The first-order valence-corrected chi connectivity index (χ1v) is 8.28. The Kier molecular flexibility index (Phi) is 5.34. The van der Waals surface area contributed by atoms with Crippen LogP contribution in [0.4, 0.5) is 0 Å². The van der Waals surface area contributed by atoms with Gasteiger partial charge in [-0.25, -0.2) is 9.59 Å². The lowest BCUT2D eigenvalue weighted by Gasteiger charge is -2.20. The molecule has 1 N–H and O–H groups in total. The summed E-state index contributed by atoms with van der Waals surface area (Å²) < 4.78 is 5.69. The van der Waals surface area contributed by atoms with Crippen LogP contribution in [-0.2, 0) is 4.74 Å². The maximum atomic E-state index is 12.7. The molecule has 0 aliphatic heterocycles. The van der Waals surface area contributed by atoms with Crippen molar-refractivity contribution in [1.29, 1.82) is 0 Å². The first kappa shape index (κ1) is 17.7. The van der Waals surface area contributed by atoms with Crippen LogP contribution < -0.4 is 0 Å². The van der Waals surface area contributed by atoms with Gasteiger partial charge in [0.25, 0.3) is 0 Å². The van der Waals surface area contributed by atoms with Gasteiger partial charge in [-0.05, 0) is 23.8 Å². The topological polar surface area (TPSA) is 63.6 Å². The number of benzene rings is 3. The van der Waals surface area contributed by atoms with Crippen molar-refractivity contribution in [2.45, 2.75) is 6.10 Å². The Morgan fingerprint density at radius 3 is 2.04 bits per heavy atom. The number of carboxylic acid groups (broad SMARTS) is 1. The summed E-state index contributed by atoms with van der Waals surface area (Å²) in [5.41, 5.74) is 1.25. The van der Waals surface area contributed by atoms with Crippen molar-refractivity contribution in [3.8, 4) is 0 Å². The number of esters is 1. The number of carbonyl (C=O) groups is 2.